The van der Waals surface area contributed by atoms with Crippen LogP contribution in [0.5, 0.6) is 5.75 Å². The van der Waals surface area contributed by atoms with Gasteiger partial charge < -0.3 is 10.1 Å². The lowest BCUT2D eigenvalue weighted by molar-refractivity contribution is 0.0925. The van der Waals surface area contributed by atoms with Crippen LogP contribution in [0.15, 0.2) is 48.5 Å². The molecule has 25 heavy (non-hydrogen) atoms. The Morgan fingerprint density at radius 2 is 1.80 bits per heavy atom. The van der Waals surface area contributed by atoms with Crippen molar-refractivity contribution in [3.05, 3.63) is 65.2 Å². The number of hydrogen-bond donors (Lipinski definition) is 1. The highest BCUT2D eigenvalue weighted by Gasteiger charge is 2.23. The van der Waals surface area contributed by atoms with Gasteiger partial charge >= 0.3 is 0 Å². The zero-order chi connectivity index (χ0) is 17.1. The van der Waals surface area contributed by atoms with Crippen molar-refractivity contribution >= 4 is 29.4 Å². The molecule has 3 nitrogen and oxygen atoms in total. The van der Waals surface area contributed by atoms with Crippen molar-refractivity contribution in [3.8, 4) is 5.75 Å². The van der Waals surface area contributed by atoms with Crippen LogP contribution in [-0.4, -0.2) is 24.0 Å². The highest BCUT2D eigenvalue weighted by Crippen LogP contribution is 2.43. The molecule has 0 unspecified atom stereocenters. The maximum Gasteiger partial charge on any atom is 0.251 e. The molecule has 1 saturated heterocycles. The van der Waals surface area contributed by atoms with Gasteiger partial charge in [-0.3, -0.25) is 4.79 Å². The van der Waals surface area contributed by atoms with Crippen LogP contribution in [0.1, 0.15) is 45.0 Å². The molecule has 4 rings (SSSR count). The minimum Gasteiger partial charge on any atom is -0.493 e. The number of ether oxygens (including phenoxy) is 1. The molecule has 1 N–H and O–H groups in total. The summed E-state index contributed by atoms with van der Waals surface area (Å²) in [7, 11) is 0. The number of fused-ring (bicyclic) bond motifs is 1. The highest BCUT2D eigenvalue weighted by molar-refractivity contribution is 8.16. The van der Waals surface area contributed by atoms with Gasteiger partial charge in [-0.2, -0.15) is 0 Å². The van der Waals surface area contributed by atoms with Gasteiger partial charge in [0.15, 0.2) is 0 Å². The van der Waals surface area contributed by atoms with Gasteiger partial charge in [0, 0.05) is 17.5 Å². The third-order valence-corrected chi connectivity index (χ3v) is 7.55. The SMILES string of the molecule is O=C(N[C@H]1CCOc2ccccc21)c1ccc(C2SCCCS2)cc1. The van der Waals surface area contributed by atoms with E-state index in [9.17, 15) is 4.79 Å². The summed E-state index contributed by atoms with van der Waals surface area (Å²) in [4.78, 5) is 12.6. The monoisotopic (exact) mass is 371 g/mol. The lowest BCUT2D eigenvalue weighted by Crippen LogP contribution is -2.32. The molecule has 0 aromatic heterocycles. The highest BCUT2D eigenvalue weighted by atomic mass is 32.2. The number of amides is 1. The topological polar surface area (TPSA) is 38.3 Å². The lowest BCUT2D eigenvalue weighted by Gasteiger charge is -2.26. The first-order chi connectivity index (χ1) is 12.3. The number of thioether (sulfide) groups is 2. The van der Waals surface area contributed by atoms with Gasteiger partial charge in [0.25, 0.3) is 5.91 Å². The molecule has 1 amide bonds. The van der Waals surface area contributed by atoms with Gasteiger partial charge in [-0.1, -0.05) is 30.3 Å². The van der Waals surface area contributed by atoms with Crippen LogP contribution in [0.2, 0.25) is 0 Å². The molecule has 2 heterocycles. The van der Waals surface area contributed by atoms with Crippen LogP contribution in [0.4, 0.5) is 0 Å². The summed E-state index contributed by atoms with van der Waals surface area (Å²) in [6.45, 7) is 0.636. The fraction of sp³-hybridized carbons (Fsp3) is 0.350. The van der Waals surface area contributed by atoms with E-state index in [1.807, 2.05) is 59.9 Å². The van der Waals surface area contributed by atoms with Crippen molar-refractivity contribution in [2.75, 3.05) is 18.1 Å². The van der Waals surface area contributed by atoms with Crippen molar-refractivity contribution in [1.29, 1.82) is 0 Å². The summed E-state index contributed by atoms with van der Waals surface area (Å²) in [5.74, 6) is 3.31. The average Bonchev–Trinajstić information content (AvgIpc) is 2.69. The average molecular weight is 372 g/mol. The van der Waals surface area contributed by atoms with Crippen molar-refractivity contribution in [1.82, 2.24) is 5.32 Å². The molecule has 5 heteroatoms. The maximum absolute atomic E-state index is 12.6. The molecule has 2 aliphatic rings. The fourth-order valence-corrected chi connectivity index (χ4v) is 6.10. The Morgan fingerprint density at radius 3 is 2.60 bits per heavy atom. The van der Waals surface area contributed by atoms with E-state index >= 15 is 0 Å². The second kappa shape index (κ2) is 7.75. The minimum atomic E-state index is -0.0165. The van der Waals surface area contributed by atoms with E-state index in [1.165, 1.54) is 23.5 Å². The van der Waals surface area contributed by atoms with E-state index in [4.69, 9.17) is 4.74 Å². The summed E-state index contributed by atoms with van der Waals surface area (Å²) in [5.41, 5.74) is 3.09. The Kier molecular flexibility index (Phi) is 5.22. The molecule has 1 fully saturated rings. The number of rotatable bonds is 3. The first-order valence-corrected chi connectivity index (χ1v) is 10.8. The van der Waals surface area contributed by atoms with Crippen LogP contribution in [0.25, 0.3) is 0 Å². The third-order valence-electron chi connectivity index (χ3n) is 4.54. The van der Waals surface area contributed by atoms with Gasteiger partial charge in [-0.15, -0.1) is 23.5 Å². The van der Waals surface area contributed by atoms with Crippen LogP contribution >= 0.6 is 23.5 Å². The molecular formula is C20H21NO2S2. The van der Waals surface area contributed by atoms with Gasteiger partial charge in [0.2, 0.25) is 0 Å². The first-order valence-electron chi connectivity index (χ1n) is 8.67. The molecule has 0 saturated carbocycles. The molecule has 2 aliphatic heterocycles. The number of hydrogen-bond acceptors (Lipinski definition) is 4. The number of carbonyl (C=O) groups is 1. The summed E-state index contributed by atoms with van der Waals surface area (Å²) >= 11 is 4.00. The Balaban J connectivity index is 1.45. The fourth-order valence-electron chi connectivity index (χ4n) is 3.21. The van der Waals surface area contributed by atoms with E-state index in [0.717, 1.165) is 23.3 Å². The van der Waals surface area contributed by atoms with E-state index < -0.39 is 0 Å². The Hall–Kier alpha value is -1.59. The van der Waals surface area contributed by atoms with Gasteiger partial charge in [-0.25, -0.2) is 0 Å². The lowest BCUT2D eigenvalue weighted by atomic mass is 10.00. The normalized spacial score (nSPS) is 20.4. The second-order valence-corrected chi connectivity index (χ2v) is 8.97. The predicted octanol–water partition coefficient (Wildman–Crippen LogP) is 4.81. The molecule has 1 atom stereocenters. The standard InChI is InChI=1S/C20H21NO2S2/c22-19(21-17-10-11-23-18-5-2-1-4-16(17)18)14-6-8-15(9-7-14)20-24-12-3-13-25-20/h1-2,4-9,17,20H,3,10-13H2,(H,21,22)/t17-/m0/s1. The molecule has 0 radical (unpaired) electrons. The molecule has 2 aromatic rings. The Labute approximate surface area is 156 Å². The second-order valence-electron chi connectivity index (χ2n) is 6.25. The van der Waals surface area contributed by atoms with E-state index in [2.05, 4.69) is 17.4 Å². The van der Waals surface area contributed by atoms with Crippen LogP contribution in [-0.2, 0) is 0 Å². The molecule has 130 valence electrons. The largest absolute Gasteiger partial charge is 0.493 e. The predicted molar refractivity (Wildman–Crippen MR) is 105 cm³/mol. The van der Waals surface area contributed by atoms with Gasteiger partial charge in [0.1, 0.15) is 5.75 Å². The number of benzene rings is 2. The third kappa shape index (κ3) is 3.82. The van der Waals surface area contributed by atoms with Crippen LogP contribution < -0.4 is 10.1 Å². The van der Waals surface area contributed by atoms with Crippen LogP contribution in [0.3, 0.4) is 0 Å². The van der Waals surface area contributed by atoms with Crippen LogP contribution in [0, 0.1) is 0 Å². The quantitative estimate of drug-likeness (QED) is 0.840. The number of nitrogens with one attached hydrogen (secondary N) is 1. The maximum atomic E-state index is 12.6. The van der Waals surface area contributed by atoms with Crippen molar-refractivity contribution in [3.63, 3.8) is 0 Å². The molecule has 0 aliphatic carbocycles. The van der Waals surface area contributed by atoms with E-state index in [1.54, 1.807) is 0 Å². The number of para-hydroxylation sites is 1. The molecule has 0 spiro atoms. The Morgan fingerprint density at radius 1 is 1.04 bits per heavy atom. The van der Waals surface area contributed by atoms with Gasteiger partial charge in [0.05, 0.1) is 17.2 Å². The first kappa shape index (κ1) is 16.9. The number of carbonyl (C=O) groups excluding carboxylic acids is 1. The van der Waals surface area contributed by atoms with E-state index in [0.29, 0.717) is 11.2 Å². The van der Waals surface area contributed by atoms with E-state index in [-0.39, 0.29) is 11.9 Å². The minimum absolute atomic E-state index is 0.0154. The zero-order valence-electron chi connectivity index (χ0n) is 13.9. The summed E-state index contributed by atoms with van der Waals surface area (Å²) in [5, 5.41) is 3.16. The molecule has 0 bridgehead atoms. The summed E-state index contributed by atoms with van der Waals surface area (Å²) in [6, 6.07) is 16.1. The van der Waals surface area contributed by atoms with Crippen molar-refractivity contribution < 1.29 is 9.53 Å². The van der Waals surface area contributed by atoms with Gasteiger partial charge in [-0.05, 0) is 41.7 Å². The summed E-state index contributed by atoms with van der Waals surface area (Å²) < 4.78 is 6.18. The zero-order valence-corrected chi connectivity index (χ0v) is 15.6. The van der Waals surface area contributed by atoms with Crippen molar-refractivity contribution in [2.24, 2.45) is 0 Å². The molecule has 2 aromatic carbocycles. The summed E-state index contributed by atoms with van der Waals surface area (Å²) in [6.07, 6.45) is 2.09. The molecular weight excluding hydrogens is 350 g/mol. The van der Waals surface area contributed by atoms with Crippen molar-refractivity contribution in [2.45, 2.75) is 23.5 Å². The Bertz CT molecular complexity index is 742. The smallest absolute Gasteiger partial charge is 0.251 e.